The van der Waals surface area contributed by atoms with Crippen LogP contribution in [0.1, 0.15) is 34.6 Å². The van der Waals surface area contributed by atoms with Gasteiger partial charge in [0.05, 0.1) is 12.2 Å². The Morgan fingerprint density at radius 3 is 1.59 bits per heavy atom. The second-order valence-corrected chi connectivity index (χ2v) is 6.36. The Morgan fingerprint density at radius 1 is 0.931 bits per heavy atom. The summed E-state index contributed by atoms with van der Waals surface area (Å²) in [7, 11) is 0. The summed E-state index contributed by atoms with van der Waals surface area (Å²) < 4.78 is 6.70. The van der Waals surface area contributed by atoms with Crippen molar-refractivity contribution in [3.8, 4) is 0 Å². The van der Waals surface area contributed by atoms with Crippen molar-refractivity contribution in [3.63, 3.8) is 0 Å². The number of nitrogens with two attached hydrogens (primary N) is 3. The standard InChI is InChI=1S/C9H9BrO2.C7H7BrN2O.C2H6O.H4N2.H2O/c1-2-12-9(11)7-3-5-8(10)6-4-7;8-6-3-1-5(2-4-6)7(11)10-9;1-2-3;1-2;/h3-6H,2H2,1H3;1-4H,9H2,(H,10,11);3H,2H2,1H3;1-2H2;1H2. The van der Waals surface area contributed by atoms with Gasteiger partial charge in [-0.3, -0.25) is 21.9 Å². The van der Waals surface area contributed by atoms with Gasteiger partial charge < -0.3 is 15.3 Å². The Morgan fingerprint density at radius 2 is 1.28 bits per heavy atom. The molecule has 0 saturated carbocycles. The van der Waals surface area contributed by atoms with Crippen LogP contribution < -0.4 is 23.0 Å². The third-order valence-electron chi connectivity index (χ3n) is 2.59. The predicted octanol–water partition coefficient (Wildman–Crippen LogP) is 1.67. The number of amides is 1. The third kappa shape index (κ3) is 15.7. The zero-order valence-electron chi connectivity index (χ0n) is 16.2. The average Bonchev–Trinajstić information content (AvgIpc) is 2.71. The normalized spacial score (nSPS) is 8.28. The van der Waals surface area contributed by atoms with E-state index in [9.17, 15) is 9.59 Å². The number of rotatable bonds is 3. The van der Waals surface area contributed by atoms with Gasteiger partial charge in [-0.15, -0.1) is 0 Å². The largest absolute Gasteiger partial charge is 0.462 e. The van der Waals surface area contributed by atoms with E-state index in [2.05, 4.69) is 43.5 Å². The molecule has 11 heteroatoms. The molecule has 0 bridgehead atoms. The van der Waals surface area contributed by atoms with E-state index in [0.717, 1.165) is 8.95 Å². The fraction of sp³-hybridized carbons (Fsp3) is 0.222. The van der Waals surface area contributed by atoms with Gasteiger partial charge in [-0.05, 0) is 62.4 Å². The number of carbonyl (C=O) groups is 2. The molecule has 10 N–H and O–H groups in total. The number of nitrogen functional groups attached to an aromatic ring is 1. The molecule has 29 heavy (non-hydrogen) atoms. The number of nitrogens with one attached hydrogen (secondary N) is 1. The van der Waals surface area contributed by atoms with E-state index in [4.69, 9.17) is 15.7 Å². The van der Waals surface area contributed by atoms with E-state index < -0.39 is 0 Å². The molecule has 0 radical (unpaired) electrons. The minimum absolute atomic E-state index is 0. The van der Waals surface area contributed by atoms with Crippen LogP contribution in [0.2, 0.25) is 0 Å². The number of hydrazine groups is 2. The highest BCUT2D eigenvalue weighted by atomic mass is 79.9. The Kier molecular flexibility index (Phi) is 22.9. The van der Waals surface area contributed by atoms with Gasteiger partial charge in [0.2, 0.25) is 0 Å². The number of aliphatic hydroxyl groups is 1. The zero-order chi connectivity index (χ0) is 21.9. The highest BCUT2D eigenvalue weighted by molar-refractivity contribution is 9.10. The number of hydrogen-bond acceptors (Lipinski definition) is 7. The van der Waals surface area contributed by atoms with E-state index >= 15 is 0 Å². The Labute approximate surface area is 187 Å². The number of ether oxygens (including phenoxy) is 1. The van der Waals surface area contributed by atoms with Crippen LogP contribution in [0.3, 0.4) is 0 Å². The van der Waals surface area contributed by atoms with Crippen LogP contribution >= 0.6 is 31.9 Å². The lowest BCUT2D eigenvalue weighted by molar-refractivity contribution is 0.0526. The number of carbonyl (C=O) groups excluding carboxylic acids is 2. The second kappa shape index (κ2) is 20.9. The molecule has 2 rings (SSSR count). The number of hydrogen-bond donors (Lipinski definition) is 5. The molecule has 0 unspecified atom stereocenters. The predicted molar refractivity (Wildman–Crippen MR) is 121 cm³/mol. The van der Waals surface area contributed by atoms with Crippen molar-refractivity contribution < 1.29 is 24.9 Å². The Balaban J connectivity index is -0.000000372. The average molecular weight is 540 g/mol. The smallest absolute Gasteiger partial charge is 0.338 e. The van der Waals surface area contributed by atoms with Crippen LogP contribution in [0.25, 0.3) is 0 Å². The second-order valence-electron chi connectivity index (χ2n) is 4.52. The van der Waals surface area contributed by atoms with E-state index in [1.165, 1.54) is 0 Å². The van der Waals surface area contributed by atoms with Gasteiger partial charge >= 0.3 is 5.97 Å². The molecule has 0 spiro atoms. The van der Waals surface area contributed by atoms with Crippen molar-refractivity contribution in [1.29, 1.82) is 0 Å². The SMILES string of the molecule is CCO.CCOC(=O)c1ccc(Br)cc1.NN.NNC(=O)c1ccc(Br)cc1.O. The van der Waals surface area contributed by atoms with E-state index in [-0.39, 0.29) is 24.0 Å². The van der Waals surface area contributed by atoms with E-state index in [0.29, 0.717) is 17.7 Å². The lowest BCUT2D eigenvalue weighted by atomic mass is 10.2. The molecule has 0 aliphatic rings. The minimum Gasteiger partial charge on any atom is -0.462 e. The number of benzene rings is 2. The first-order valence-electron chi connectivity index (χ1n) is 8.02. The monoisotopic (exact) mass is 538 g/mol. The van der Waals surface area contributed by atoms with Gasteiger partial charge in [-0.2, -0.15) is 0 Å². The maximum absolute atomic E-state index is 11.1. The van der Waals surface area contributed by atoms with Crippen molar-refractivity contribution in [2.75, 3.05) is 13.2 Å². The first-order valence-corrected chi connectivity index (χ1v) is 9.61. The molecule has 0 atom stereocenters. The summed E-state index contributed by atoms with van der Waals surface area (Å²) in [6.07, 6.45) is 0. The molecule has 2 aromatic rings. The van der Waals surface area contributed by atoms with Gasteiger partial charge in [0.1, 0.15) is 0 Å². The molecule has 2 aromatic carbocycles. The van der Waals surface area contributed by atoms with Crippen LogP contribution in [0.15, 0.2) is 57.5 Å². The molecule has 0 aliphatic heterocycles. The van der Waals surface area contributed by atoms with Gasteiger partial charge in [0.25, 0.3) is 5.91 Å². The van der Waals surface area contributed by atoms with Crippen LogP contribution in [0.5, 0.6) is 0 Å². The lowest BCUT2D eigenvalue weighted by Crippen LogP contribution is -2.29. The first-order chi connectivity index (χ1) is 13.4. The number of esters is 1. The first kappa shape index (κ1) is 31.8. The number of halogens is 2. The summed E-state index contributed by atoms with van der Waals surface area (Å²) in [5.74, 6) is 12.4. The highest BCUT2D eigenvalue weighted by Gasteiger charge is 2.04. The van der Waals surface area contributed by atoms with E-state index in [1.807, 2.05) is 17.6 Å². The maximum atomic E-state index is 11.1. The molecule has 0 fully saturated rings. The van der Waals surface area contributed by atoms with E-state index in [1.54, 1.807) is 50.2 Å². The molecule has 164 valence electrons. The summed E-state index contributed by atoms with van der Waals surface area (Å²) >= 11 is 6.53. The van der Waals surface area contributed by atoms with Gasteiger partial charge in [-0.1, -0.05) is 31.9 Å². The fourth-order valence-electron chi connectivity index (χ4n) is 1.48. The van der Waals surface area contributed by atoms with Gasteiger partial charge in [0, 0.05) is 21.1 Å². The van der Waals surface area contributed by atoms with Gasteiger partial charge in [-0.25, -0.2) is 10.6 Å². The quantitative estimate of drug-likeness (QED) is 0.170. The summed E-state index contributed by atoms with van der Waals surface area (Å²) in [5, 5.41) is 7.57. The lowest BCUT2D eigenvalue weighted by Gasteiger charge is -2.00. The minimum atomic E-state index is -0.280. The molecule has 0 saturated heterocycles. The molecular formula is C18H28Br2N4O5. The molecule has 0 heterocycles. The van der Waals surface area contributed by atoms with Crippen LogP contribution in [-0.2, 0) is 4.74 Å². The molecule has 0 aliphatic carbocycles. The van der Waals surface area contributed by atoms with Crippen molar-refractivity contribution in [3.05, 3.63) is 68.6 Å². The molecular weight excluding hydrogens is 512 g/mol. The number of aliphatic hydroxyl groups excluding tert-OH is 1. The highest BCUT2D eigenvalue weighted by Crippen LogP contribution is 2.11. The summed E-state index contributed by atoms with van der Waals surface area (Å²) in [5.41, 5.74) is 3.18. The van der Waals surface area contributed by atoms with Crippen molar-refractivity contribution >= 4 is 43.7 Å². The Bertz CT molecular complexity index is 671. The third-order valence-corrected chi connectivity index (χ3v) is 3.65. The van der Waals surface area contributed by atoms with Crippen molar-refractivity contribution in [1.82, 2.24) is 5.43 Å². The molecule has 1 amide bonds. The van der Waals surface area contributed by atoms with Crippen molar-refractivity contribution in [2.45, 2.75) is 13.8 Å². The topological polar surface area (TPSA) is 185 Å². The molecule has 0 aromatic heterocycles. The van der Waals surface area contributed by atoms with Crippen LogP contribution in [-0.4, -0.2) is 35.7 Å². The summed E-state index contributed by atoms with van der Waals surface area (Å²) in [6.45, 7) is 4.13. The van der Waals surface area contributed by atoms with Crippen LogP contribution in [0, 0.1) is 0 Å². The fourth-order valence-corrected chi connectivity index (χ4v) is 2.01. The summed E-state index contributed by atoms with van der Waals surface area (Å²) in [6, 6.07) is 14.0. The molecule has 9 nitrogen and oxygen atoms in total. The van der Waals surface area contributed by atoms with Gasteiger partial charge in [0.15, 0.2) is 0 Å². The van der Waals surface area contributed by atoms with Crippen LogP contribution in [0.4, 0.5) is 0 Å². The zero-order valence-corrected chi connectivity index (χ0v) is 19.4. The summed E-state index contributed by atoms with van der Waals surface area (Å²) in [4.78, 5) is 22.0. The maximum Gasteiger partial charge on any atom is 0.338 e. The Hall–Kier alpha value is -1.86. The van der Waals surface area contributed by atoms with Crippen molar-refractivity contribution in [2.24, 2.45) is 17.5 Å².